The largest absolute Gasteiger partial charge is 0.507 e. The first-order valence-corrected chi connectivity index (χ1v) is 6.77. The standard InChI is InChI=1S/C14H18ClNO3/c1-16(6-7-19-9-10-2-3-10)14(18)12-5-4-11(15)8-13(12)17/h4-5,8,10,17H,2-3,6-7,9H2,1H3. The minimum absolute atomic E-state index is 0.0942. The van der Waals surface area contributed by atoms with Gasteiger partial charge in [0.1, 0.15) is 5.75 Å². The summed E-state index contributed by atoms with van der Waals surface area (Å²) < 4.78 is 5.49. The number of carbonyl (C=O) groups is 1. The lowest BCUT2D eigenvalue weighted by molar-refractivity contribution is 0.0678. The Labute approximate surface area is 117 Å². The molecule has 0 unspecified atom stereocenters. The molecule has 0 saturated heterocycles. The maximum absolute atomic E-state index is 12.1. The van der Waals surface area contributed by atoms with Crippen molar-refractivity contribution in [3.8, 4) is 5.75 Å². The number of amides is 1. The van der Waals surface area contributed by atoms with Crippen molar-refractivity contribution in [2.45, 2.75) is 12.8 Å². The van der Waals surface area contributed by atoms with Crippen molar-refractivity contribution in [3.05, 3.63) is 28.8 Å². The van der Waals surface area contributed by atoms with Crippen LogP contribution in [0.4, 0.5) is 0 Å². The second kappa shape index (κ2) is 6.26. The van der Waals surface area contributed by atoms with E-state index in [-0.39, 0.29) is 17.2 Å². The number of carbonyl (C=O) groups excluding carboxylic acids is 1. The van der Waals surface area contributed by atoms with Crippen LogP contribution in [0.1, 0.15) is 23.2 Å². The van der Waals surface area contributed by atoms with Crippen LogP contribution in [0.3, 0.4) is 0 Å². The molecule has 0 radical (unpaired) electrons. The molecule has 1 aromatic carbocycles. The van der Waals surface area contributed by atoms with Gasteiger partial charge in [0.05, 0.1) is 12.2 Å². The average Bonchev–Trinajstić information content (AvgIpc) is 3.17. The average molecular weight is 284 g/mol. The van der Waals surface area contributed by atoms with Crippen LogP contribution in [0.15, 0.2) is 18.2 Å². The SMILES string of the molecule is CN(CCOCC1CC1)C(=O)c1ccc(Cl)cc1O. The lowest BCUT2D eigenvalue weighted by Gasteiger charge is -2.17. The first-order chi connectivity index (χ1) is 9.08. The molecule has 1 fully saturated rings. The molecule has 0 spiro atoms. The first kappa shape index (κ1) is 14.2. The summed E-state index contributed by atoms with van der Waals surface area (Å²) >= 11 is 5.73. The topological polar surface area (TPSA) is 49.8 Å². The monoisotopic (exact) mass is 283 g/mol. The van der Waals surface area contributed by atoms with E-state index < -0.39 is 0 Å². The van der Waals surface area contributed by atoms with E-state index >= 15 is 0 Å². The maximum atomic E-state index is 12.1. The van der Waals surface area contributed by atoms with Crippen molar-refractivity contribution in [3.63, 3.8) is 0 Å². The third kappa shape index (κ3) is 4.11. The van der Waals surface area contributed by atoms with Gasteiger partial charge in [0.15, 0.2) is 0 Å². The summed E-state index contributed by atoms with van der Waals surface area (Å²) in [4.78, 5) is 13.6. The Morgan fingerprint density at radius 1 is 1.53 bits per heavy atom. The fourth-order valence-electron chi connectivity index (χ4n) is 1.73. The summed E-state index contributed by atoms with van der Waals surface area (Å²) in [5.74, 6) is 0.397. The quantitative estimate of drug-likeness (QED) is 0.816. The zero-order valence-electron chi connectivity index (χ0n) is 10.9. The van der Waals surface area contributed by atoms with Crippen LogP contribution in [0.25, 0.3) is 0 Å². The lowest BCUT2D eigenvalue weighted by Crippen LogP contribution is -2.30. The van der Waals surface area contributed by atoms with E-state index in [1.807, 2.05) is 0 Å². The van der Waals surface area contributed by atoms with E-state index in [2.05, 4.69) is 0 Å². The summed E-state index contributed by atoms with van der Waals surface area (Å²) in [6.07, 6.45) is 2.51. The maximum Gasteiger partial charge on any atom is 0.257 e. The van der Waals surface area contributed by atoms with Crippen molar-refractivity contribution >= 4 is 17.5 Å². The minimum atomic E-state index is -0.232. The predicted octanol–water partition coefficient (Wildman–Crippen LogP) is 2.54. The Morgan fingerprint density at radius 2 is 2.26 bits per heavy atom. The van der Waals surface area contributed by atoms with Crippen LogP contribution in [-0.4, -0.2) is 42.7 Å². The van der Waals surface area contributed by atoms with Crippen molar-refractivity contribution < 1.29 is 14.6 Å². The summed E-state index contributed by atoms with van der Waals surface area (Å²) in [5, 5.41) is 10.1. The van der Waals surface area contributed by atoms with Crippen molar-refractivity contribution in [2.75, 3.05) is 26.8 Å². The molecule has 1 aromatic rings. The predicted molar refractivity (Wildman–Crippen MR) is 73.6 cm³/mol. The highest BCUT2D eigenvalue weighted by atomic mass is 35.5. The van der Waals surface area contributed by atoms with Gasteiger partial charge in [-0.3, -0.25) is 4.79 Å². The minimum Gasteiger partial charge on any atom is -0.507 e. The van der Waals surface area contributed by atoms with E-state index in [4.69, 9.17) is 16.3 Å². The molecule has 104 valence electrons. The van der Waals surface area contributed by atoms with E-state index in [0.29, 0.717) is 18.2 Å². The molecular weight excluding hydrogens is 266 g/mol. The molecule has 0 atom stereocenters. The van der Waals surface area contributed by atoms with Gasteiger partial charge in [0.25, 0.3) is 5.91 Å². The Morgan fingerprint density at radius 3 is 2.89 bits per heavy atom. The molecule has 1 aliphatic rings. The zero-order valence-corrected chi connectivity index (χ0v) is 11.7. The molecule has 1 saturated carbocycles. The van der Waals surface area contributed by atoms with Gasteiger partial charge < -0.3 is 14.7 Å². The molecule has 5 heteroatoms. The lowest BCUT2D eigenvalue weighted by atomic mass is 10.2. The van der Waals surface area contributed by atoms with Gasteiger partial charge in [-0.05, 0) is 37.0 Å². The Balaban J connectivity index is 1.83. The van der Waals surface area contributed by atoms with Gasteiger partial charge >= 0.3 is 0 Å². The molecule has 4 nitrogen and oxygen atoms in total. The molecule has 1 aliphatic carbocycles. The molecule has 19 heavy (non-hydrogen) atoms. The third-order valence-corrected chi connectivity index (χ3v) is 3.39. The van der Waals surface area contributed by atoms with E-state index in [1.54, 1.807) is 13.1 Å². The smallest absolute Gasteiger partial charge is 0.257 e. The van der Waals surface area contributed by atoms with Gasteiger partial charge in [0.2, 0.25) is 0 Å². The second-order valence-electron chi connectivity index (χ2n) is 4.91. The number of aromatic hydroxyl groups is 1. The highest BCUT2D eigenvalue weighted by Crippen LogP contribution is 2.28. The molecule has 0 aromatic heterocycles. The second-order valence-corrected chi connectivity index (χ2v) is 5.34. The Hall–Kier alpha value is -1.26. The fraction of sp³-hybridized carbons (Fsp3) is 0.500. The number of phenolic OH excluding ortho intramolecular Hbond substituents is 1. The third-order valence-electron chi connectivity index (χ3n) is 3.16. The molecule has 0 bridgehead atoms. The number of hydrogen-bond acceptors (Lipinski definition) is 3. The van der Waals surface area contributed by atoms with Gasteiger partial charge in [-0.1, -0.05) is 11.6 Å². The van der Waals surface area contributed by atoms with Crippen molar-refractivity contribution in [2.24, 2.45) is 5.92 Å². The highest BCUT2D eigenvalue weighted by Gasteiger charge is 2.21. The zero-order chi connectivity index (χ0) is 13.8. The van der Waals surface area contributed by atoms with Crippen LogP contribution >= 0.6 is 11.6 Å². The Bertz CT molecular complexity index is 460. The summed E-state index contributed by atoms with van der Waals surface area (Å²) in [5.41, 5.74) is 0.258. The highest BCUT2D eigenvalue weighted by molar-refractivity contribution is 6.30. The van der Waals surface area contributed by atoms with Crippen molar-refractivity contribution in [1.82, 2.24) is 4.90 Å². The number of likely N-dealkylation sites (N-methyl/N-ethyl adjacent to an activating group) is 1. The van der Waals surface area contributed by atoms with Gasteiger partial charge in [-0.25, -0.2) is 0 Å². The first-order valence-electron chi connectivity index (χ1n) is 6.39. The number of phenols is 1. The van der Waals surface area contributed by atoms with Crippen LogP contribution in [0, 0.1) is 5.92 Å². The van der Waals surface area contributed by atoms with E-state index in [0.717, 1.165) is 12.5 Å². The summed E-state index contributed by atoms with van der Waals surface area (Å²) in [7, 11) is 1.69. The number of halogens is 1. The van der Waals surface area contributed by atoms with Crippen LogP contribution in [-0.2, 0) is 4.74 Å². The summed E-state index contributed by atoms with van der Waals surface area (Å²) in [6.45, 7) is 1.81. The molecule has 1 N–H and O–H groups in total. The van der Waals surface area contributed by atoms with Gasteiger partial charge in [0, 0.05) is 25.2 Å². The summed E-state index contributed by atoms with van der Waals surface area (Å²) in [6, 6.07) is 4.49. The fourth-order valence-corrected chi connectivity index (χ4v) is 1.90. The van der Waals surface area contributed by atoms with Crippen LogP contribution in [0.5, 0.6) is 5.75 Å². The van der Waals surface area contributed by atoms with E-state index in [9.17, 15) is 9.90 Å². The number of ether oxygens (including phenoxy) is 1. The Kier molecular flexibility index (Phi) is 4.66. The molecule has 0 aliphatic heterocycles. The van der Waals surface area contributed by atoms with E-state index in [1.165, 1.54) is 29.9 Å². The normalized spacial score (nSPS) is 14.4. The molecular formula is C14H18ClNO3. The molecule has 1 amide bonds. The van der Waals surface area contributed by atoms with Crippen LogP contribution < -0.4 is 0 Å². The van der Waals surface area contributed by atoms with Gasteiger partial charge in [-0.2, -0.15) is 0 Å². The number of hydrogen-bond donors (Lipinski definition) is 1. The number of nitrogens with zero attached hydrogens (tertiary/aromatic N) is 1. The van der Waals surface area contributed by atoms with Gasteiger partial charge in [-0.15, -0.1) is 0 Å². The molecule has 0 heterocycles. The number of benzene rings is 1. The van der Waals surface area contributed by atoms with Crippen molar-refractivity contribution in [1.29, 1.82) is 0 Å². The number of rotatable bonds is 6. The molecule has 2 rings (SSSR count). The van der Waals surface area contributed by atoms with Crippen LogP contribution in [0.2, 0.25) is 5.02 Å².